The monoisotopic (exact) mass is 873 g/mol. The molecule has 0 radical (unpaired) electrons. The molecule has 5 atom stereocenters. The number of rotatable bonds is 11. The maximum absolute atomic E-state index is 13.8. The molecular formula is C48H59N9O7. The Morgan fingerprint density at radius 2 is 1.23 bits per heavy atom. The Balaban J connectivity index is 0.990. The highest BCUT2D eigenvalue weighted by molar-refractivity contribution is 5.96. The number of methoxy groups -OCH3 is 2. The molecule has 5 aromatic rings. The summed E-state index contributed by atoms with van der Waals surface area (Å²) in [5.41, 5.74) is 7.87. The maximum atomic E-state index is 13.8. The summed E-state index contributed by atoms with van der Waals surface area (Å²) in [6, 6.07) is 10.8. The lowest BCUT2D eigenvalue weighted by atomic mass is 9.87. The predicted molar refractivity (Wildman–Crippen MR) is 240 cm³/mol. The number of alkyl carbamates (subject to hydrolysis) is 2. The topological polar surface area (TPSA) is 200 Å². The van der Waals surface area contributed by atoms with Crippen molar-refractivity contribution in [2.24, 2.45) is 17.8 Å². The molecule has 1 aliphatic carbocycles. The van der Waals surface area contributed by atoms with E-state index in [0.717, 1.165) is 94.8 Å². The molecular weight excluding hydrogens is 815 g/mol. The number of hydrogen-bond acceptors (Lipinski definition) is 9. The van der Waals surface area contributed by atoms with Gasteiger partial charge >= 0.3 is 12.2 Å². The first-order valence-electron chi connectivity index (χ1n) is 22.8. The van der Waals surface area contributed by atoms with Crippen LogP contribution in [0.2, 0.25) is 0 Å². The van der Waals surface area contributed by atoms with Gasteiger partial charge in [0.25, 0.3) is 0 Å². The van der Waals surface area contributed by atoms with Crippen LogP contribution in [-0.2, 0) is 19.1 Å². The van der Waals surface area contributed by atoms with Gasteiger partial charge in [-0.15, -0.1) is 0 Å². The quantitative estimate of drug-likeness (QED) is 0.0866. The fourth-order valence-electron chi connectivity index (χ4n) is 10.4. The number of benzene rings is 2. The Morgan fingerprint density at radius 1 is 0.703 bits per heavy atom. The molecule has 6 heterocycles. The Bertz CT molecular complexity index is 2550. The molecule has 16 heteroatoms. The van der Waals surface area contributed by atoms with Crippen LogP contribution >= 0.6 is 0 Å². The molecule has 2 aromatic carbocycles. The van der Waals surface area contributed by atoms with Gasteiger partial charge in [-0.3, -0.25) is 9.59 Å². The third-order valence-corrected chi connectivity index (χ3v) is 13.8. The van der Waals surface area contributed by atoms with Crippen LogP contribution in [0, 0.1) is 17.8 Å². The molecule has 0 bridgehead atoms. The number of imidazole rings is 2. The summed E-state index contributed by atoms with van der Waals surface area (Å²) < 4.78 is 16.7. The molecule has 338 valence electrons. The standard InChI is InChI=1S/C48H59N9O7/c1-25(2)39(54-47(60)62-5)45(58)56-19-9-13-35(56)43-49-23-33(52-43)28-16-18-32-31(21-28)38-41(51-32)30-17-15-29(22-37(30)64-42(38)27-11-7-8-12-27)34-24-50-44(53-34)36-14-10-20-57(36)46(59)40(26(3)4)55-48(61)63-6/h15-18,21-27,35-36,39-40,42,51H,7-14,19-20H2,1-6H3,(H,49,52)(H,50,53)(H,54,60)(H,55,61)/t35-,36?,39?,40-,42?/m0/s1. The first-order valence-corrected chi connectivity index (χ1v) is 22.8. The van der Waals surface area contributed by atoms with Crippen LogP contribution < -0.4 is 15.4 Å². The number of aromatic nitrogens is 5. The average molecular weight is 874 g/mol. The Morgan fingerprint density at radius 3 is 1.77 bits per heavy atom. The van der Waals surface area contributed by atoms with Crippen LogP contribution in [0.25, 0.3) is 44.7 Å². The molecule has 4 amide bonds. The molecule has 0 spiro atoms. The van der Waals surface area contributed by atoms with Crippen LogP contribution in [-0.4, -0.2) is 98.1 Å². The summed E-state index contributed by atoms with van der Waals surface area (Å²) in [6.07, 6.45) is 10.00. The molecule has 5 N–H and O–H groups in total. The molecule has 3 aromatic heterocycles. The van der Waals surface area contributed by atoms with Gasteiger partial charge in [-0.1, -0.05) is 52.7 Å². The number of nitrogens with zero attached hydrogens (tertiary/aromatic N) is 4. The van der Waals surface area contributed by atoms with E-state index in [1.807, 2.05) is 49.9 Å². The van der Waals surface area contributed by atoms with Gasteiger partial charge in [-0.05, 0) is 74.6 Å². The smallest absolute Gasteiger partial charge is 0.407 e. The Kier molecular flexibility index (Phi) is 11.9. The largest absolute Gasteiger partial charge is 0.485 e. The van der Waals surface area contributed by atoms with Crippen molar-refractivity contribution in [1.29, 1.82) is 0 Å². The van der Waals surface area contributed by atoms with Gasteiger partial charge in [0.15, 0.2) is 0 Å². The number of hydrogen-bond donors (Lipinski definition) is 5. The lowest BCUT2D eigenvalue weighted by Crippen LogP contribution is -2.51. The SMILES string of the molecule is COC(=O)NC(C(=O)N1CCC[C@H]1c1ncc(-c2ccc3[nH]c4c(c3c2)C(C2CCCC2)Oc2cc(-c3cnc(C5CCCN5C(=O)[C@@H](NC(=O)OC)C(C)C)[nH]3)ccc2-4)[nH]1)C(C)C. The van der Waals surface area contributed by atoms with Crippen molar-refractivity contribution in [3.63, 3.8) is 0 Å². The normalized spacial score (nSPS) is 20.6. The van der Waals surface area contributed by atoms with Crippen LogP contribution in [0.4, 0.5) is 9.59 Å². The van der Waals surface area contributed by atoms with Gasteiger partial charge in [0.2, 0.25) is 11.8 Å². The zero-order chi connectivity index (χ0) is 44.8. The van der Waals surface area contributed by atoms with Gasteiger partial charge in [-0.2, -0.15) is 0 Å². The molecule has 9 rings (SSSR count). The lowest BCUT2D eigenvalue weighted by molar-refractivity contribution is -0.136. The number of fused-ring (bicyclic) bond motifs is 5. The van der Waals surface area contributed by atoms with Crippen molar-refractivity contribution in [3.05, 3.63) is 66.0 Å². The molecule has 1 saturated carbocycles. The lowest BCUT2D eigenvalue weighted by Gasteiger charge is -2.31. The van der Waals surface area contributed by atoms with E-state index < -0.39 is 24.3 Å². The van der Waals surface area contributed by atoms with Crippen molar-refractivity contribution < 1.29 is 33.4 Å². The molecule has 64 heavy (non-hydrogen) atoms. The zero-order valence-corrected chi connectivity index (χ0v) is 37.5. The van der Waals surface area contributed by atoms with E-state index in [1.54, 1.807) is 0 Å². The summed E-state index contributed by atoms with van der Waals surface area (Å²) in [4.78, 5) is 75.9. The van der Waals surface area contributed by atoms with Crippen molar-refractivity contribution >= 4 is 34.9 Å². The fourth-order valence-corrected chi connectivity index (χ4v) is 10.4. The van der Waals surface area contributed by atoms with Crippen LogP contribution in [0.1, 0.15) is 114 Å². The van der Waals surface area contributed by atoms with Gasteiger partial charge < -0.3 is 49.6 Å². The number of ether oxygens (including phenoxy) is 3. The van der Waals surface area contributed by atoms with E-state index in [4.69, 9.17) is 24.2 Å². The predicted octanol–water partition coefficient (Wildman–Crippen LogP) is 8.33. The highest BCUT2D eigenvalue weighted by Crippen LogP contribution is 2.52. The molecule has 16 nitrogen and oxygen atoms in total. The summed E-state index contributed by atoms with van der Waals surface area (Å²) in [5.74, 6) is 2.08. The Labute approximate surface area is 372 Å². The molecule has 3 unspecified atom stereocenters. The third kappa shape index (κ3) is 7.95. The third-order valence-electron chi connectivity index (χ3n) is 13.8. The highest BCUT2D eigenvalue weighted by atomic mass is 16.5. The first kappa shape index (κ1) is 43.0. The number of H-pyrrole nitrogens is 3. The number of carbonyl (C=O) groups excluding carboxylic acids is 4. The second kappa shape index (κ2) is 17.7. The van der Waals surface area contributed by atoms with E-state index in [2.05, 4.69) is 62.0 Å². The van der Waals surface area contributed by atoms with Crippen molar-refractivity contribution in [3.8, 4) is 39.5 Å². The van der Waals surface area contributed by atoms with E-state index in [9.17, 15) is 19.2 Å². The Hall–Kier alpha value is -6.32. The summed E-state index contributed by atoms with van der Waals surface area (Å²) in [5, 5.41) is 6.56. The molecule has 4 aliphatic rings. The van der Waals surface area contributed by atoms with Gasteiger partial charge in [0.05, 0.1) is 55.8 Å². The van der Waals surface area contributed by atoms with Crippen LogP contribution in [0.5, 0.6) is 5.75 Å². The van der Waals surface area contributed by atoms with Crippen LogP contribution in [0.15, 0.2) is 48.8 Å². The first-order chi connectivity index (χ1) is 30.9. The number of carbonyl (C=O) groups is 4. The number of amides is 4. The number of nitrogens with one attached hydrogen (secondary N) is 5. The number of likely N-dealkylation sites (tertiary alicyclic amines) is 2. The minimum Gasteiger partial charge on any atom is -0.485 e. The summed E-state index contributed by atoms with van der Waals surface area (Å²) >= 11 is 0. The average Bonchev–Trinajstić information content (AvgIpc) is 4.15. The maximum Gasteiger partial charge on any atom is 0.407 e. The van der Waals surface area contributed by atoms with E-state index in [0.29, 0.717) is 24.8 Å². The summed E-state index contributed by atoms with van der Waals surface area (Å²) in [6.45, 7) is 8.80. The van der Waals surface area contributed by atoms with Gasteiger partial charge in [0.1, 0.15) is 35.6 Å². The second-order valence-electron chi connectivity index (χ2n) is 18.4. The molecule has 3 aliphatic heterocycles. The van der Waals surface area contributed by atoms with Gasteiger partial charge in [0, 0.05) is 52.2 Å². The van der Waals surface area contributed by atoms with Crippen LogP contribution in [0.3, 0.4) is 0 Å². The molecule has 3 fully saturated rings. The zero-order valence-electron chi connectivity index (χ0n) is 37.5. The van der Waals surface area contributed by atoms with E-state index >= 15 is 0 Å². The minimum atomic E-state index is -0.706. The fraction of sp³-hybridized carbons (Fsp3) is 0.500. The van der Waals surface area contributed by atoms with Crippen molar-refractivity contribution in [2.75, 3.05) is 27.3 Å². The van der Waals surface area contributed by atoms with E-state index in [-0.39, 0.29) is 41.8 Å². The van der Waals surface area contributed by atoms with E-state index in [1.165, 1.54) is 32.6 Å². The van der Waals surface area contributed by atoms with Crippen molar-refractivity contribution in [1.82, 2.24) is 45.4 Å². The second-order valence-corrected chi connectivity index (χ2v) is 18.4. The van der Waals surface area contributed by atoms with Gasteiger partial charge in [-0.25, -0.2) is 19.6 Å². The minimum absolute atomic E-state index is 0.119. The summed E-state index contributed by atoms with van der Waals surface area (Å²) in [7, 11) is 2.59. The van der Waals surface area contributed by atoms with Crippen molar-refractivity contribution in [2.45, 2.75) is 109 Å². The molecule has 2 saturated heterocycles. The number of aromatic amines is 3. The highest BCUT2D eigenvalue weighted by Gasteiger charge is 2.40.